The summed E-state index contributed by atoms with van der Waals surface area (Å²) in [7, 11) is 0. The van der Waals surface area contributed by atoms with E-state index in [1.54, 1.807) is 54.6 Å². The molecule has 0 aliphatic heterocycles. The second-order valence-electron chi connectivity index (χ2n) is 5.21. The van der Waals surface area contributed by atoms with Gasteiger partial charge in [0.05, 0.1) is 5.02 Å². The third-order valence-corrected chi connectivity index (χ3v) is 3.92. The molecule has 2 nitrogen and oxygen atoms in total. The first-order valence-corrected chi connectivity index (χ1v) is 7.85. The molecule has 3 aromatic rings. The minimum absolute atomic E-state index is 0.109. The molecule has 3 heteroatoms. The van der Waals surface area contributed by atoms with Crippen LogP contribution in [0.5, 0.6) is 11.5 Å². The van der Waals surface area contributed by atoms with Crippen molar-refractivity contribution in [1.82, 2.24) is 0 Å². The van der Waals surface area contributed by atoms with Gasteiger partial charge in [-0.2, -0.15) is 0 Å². The van der Waals surface area contributed by atoms with Crippen LogP contribution in [0.15, 0.2) is 79.4 Å². The molecule has 0 unspecified atom stereocenters. The van der Waals surface area contributed by atoms with E-state index >= 15 is 0 Å². The average Bonchev–Trinajstić information content (AvgIpc) is 2.63. The van der Waals surface area contributed by atoms with Gasteiger partial charge in [0.2, 0.25) is 0 Å². The Morgan fingerprint density at radius 3 is 2.04 bits per heavy atom. The molecular formula is C21H15ClO2. The number of benzene rings is 3. The average molecular weight is 335 g/mol. The number of ether oxygens (including phenoxy) is 1. The number of hydrogen-bond acceptors (Lipinski definition) is 2. The van der Waals surface area contributed by atoms with Crippen molar-refractivity contribution in [2.45, 2.75) is 0 Å². The second kappa shape index (κ2) is 7.16. The molecule has 0 aliphatic carbocycles. The number of ketones is 1. The summed E-state index contributed by atoms with van der Waals surface area (Å²) in [5.41, 5.74) is 2.09. The molecule has 118 valence electrons. The lowest BCUT2D eigenvalue weighted by molar-refractivity contribution is 0.103. The maximum absolute atomic E-state index is 12.5. The fourth-order valence-electron chi connectivity index (χ4n) is 2.28. The summed E-state index contributed by atoms with van der Waals surface area (Å²) in [5.74, 6) is 1.28. The zero-order valence-electron chi connectivity index (χ0n) is 12.9. The highest BCUT2D eigenvalue weighted by Gasteiger charge is 2.12. The molecule has 0 saturated heterocycles. The van der Waals surface area contributed by atoms with E-state index in [0.717, 1.165) is 11.3 Å². The Bertz CT molecular complexity index is 865. The highest BCUT2D eigenvalue weighted by Crippen LogP contribution is 2.24. The first-order chi connectivity index (χ1) is 11.7. The van der Waals surface area contributed by atoms with Crippen LogP contribution in [-0.4, -0.2) is 5.78 Å². The smallest absolute Gasteiger partial charge is 0.194 e. The van der Waals surface area contributed by atoms with Crippen LogP contribution in [0.3, 0.4) is 0 Å². The molecule has 0 N–H and O–H groups in total. The van der Waals surface area contributed by atoms with Crippen LogP contribution in [-0.2, 0) is 0 Å². The van der Waals surface area contributed by atoms with Gasteiger partial charge in [-0.25, -0.2) is 0 Å². The van der Waals surface area contributed by atoms with Crippen molar-refractivity contribution in [2.24, 2.45) is 0 Å². The van der Waals surface area contributed by atoms with Crippen LogP contribution in [0.2, 0.25) is 5.02 Å². The van der Waals surface area contributed by atoms with E-state index < -0.39 is 0 Å². The first-order valence-electron chi connectivity index (χ1n) is 7.47. The van der Waals surface area contributed by atoms with Gasteiger partial charge >= 0.3 is 0 Å². The Morgan fingerprint density at radius 1 is 0.875 bits per heavy atom. The van der Waals surface area contributed by atoms with Crippen molar-refractivity contribution in [3.8, 4) is 11.5 Å². The van der Waals surface area contributed by atoms with Gasteiger partial charge in [-0.1, -0.05) is 48.5 Å². The summed E-state index contributed by atoms with van der Waals surface area (Å²) in [6.45, 7) is 3.72. The van der Waals surface area contributed by atoms with E-state index in [1.807, 2.05) is 24.3 Å². The minimum Gasteiger partial charge on any atom is -0.457 e. The molecule has 0 heterocycles. The molecule has 0 amide bonds. The molecule has 0 atom stereocenters. The predicted octanol–water partition coefficient (Wildman–Crippen LogP) is 6.01. The summed E-state index contributed by atoms with van der Waals surface area (Å²) >= 11 is 6.08. The summed E-state index contributed by atoms with van der Waals surface area (Å²) in [5, 5.41) is 0.449. The van der Waals surface area contributed by atoms with E-state index in [9.17, 15) is 4.79 Å². The molecule has 0 spiro atoms. The fraction of sp³-hybridized carbons (Fsp3) is 0. The topological polar surface area (TPSA) is 26.3 Å². The maximum Gasteiger partial charge on any atom is 0.194 e. The minimum atomic E-state index is -0.109. The van der Waals surface area contributed by atoms with Crippen LogP contribution in [0, 0.1) is 0 Å². The molecule has 0 aromatic heterocycles. The van der Waals surface area contributed by atoms with Gasteiger partial charge < -0.3 is 4.74 Å². The summed E-state index contributed by atoms with van der Waals surface area (Å²) in [6, 6.07) is 21.6. The van der Waals surface area contributed by atoms with E-state index in [2.05, 4.69) is 6.58 Å². The highest BCUT2D eigenvalue weighted by molar-refractivity contribution is 6.34. The van der Waals surface area contributed by atoms with Crippen molar-refractivity contribution in [3.05, 3.63) is 101 Å². The summed E-state index contributed by atoms with van der Waals surface area (Å²) in [4.78, 5) is 12.5. The van der Waals surface area contributed by atoms with Gasteiger partial charge in [-0.3, -0.25) is 4.79 Å². The Kier molecular flexibility index (Phi) is 4.78. The molecule has 0 radical (unpaired) electrons. The number of rotatable bonds is 5. The Hall–Kier alpha value is -2.84. The van der Waals surface area contributed by atoms with Crippen molar-refractivity contribution in [2.75, 3.05) is 0 Å². The van der Waals surface area contributed by atoms with E-state index in [1.165, 1.54) is 0 Å². The fourth-order valence-corrected chi connectivity index (χ4v) is 2.50. The van der Waals surface area contributed by atoms with Crippen molar-refractivity contribution in [1.29, 1.82) is 0 Å². The van der Waals surface area contributed by atoms with Gasteiger partial charge in [-0.15, -0.1) is 0 Å². The Balaban J connectivity index is 1.76. The monoisotopic (exact) mass is 334 g/mol. The lowest BCUT2D eigenvalue weighted by Gasteiger charge is -2.07. The normalized spacial score (nSPS) is 10.2. The van der Waals surface area contributed by atoms with Crippen LogP contribution in [0.25, 0.3) is 6.08 Å². The quantitative estimate of drug-likeness (QED) is 0.534. The SMILES string of the molecule is C=Cc1ccc(Oc2ccc(C(=O)c3ccccc3Cl)cc2)cc1. The highest BCUT2D eigenvalue weighted by atomic mass is 35.5. The molecular weight excluding hydrogens is 320 g/mol. The standard InChI is InChI=1S/C21H15ClO2/c1-2-15-7-11-17(12-8-15)24-18-13-9-16(10-14-18)21(23)19-5-3-4-6-20(19)22/h2-14H,1H2. The summed E-state index contributed by atoms with van der Waals surface area (Å²) < 4.78 is 5.77. The van der Waals surface area contributed by atoms with E-state index in [0.29, 0.717) is 21.9 Å². The number of carbonyl (C=O) groups is 1. The second-order valence-corrected chi connectivity index (χ2v) is 5.62. The molecule has 3 aromatic carbocycles. The Labute approximate surface area is 146 Å². The van der Waals surface area contributed by atoms with Crippen LogP contribution >= 0.6 is 11.6 Å². The van der Waals surface area contributed by atoms with Crippen molar-refractivity contribution >= 4 is 23.5 Å². The molecule has 0 aliphatic rings. The first kappa shape index (κ1) is 16.0. The molecule has 3 rings (SSSR count). The molecule has 24 heavy (non-hydrogen) atoms. The number of hydrogen-bond donors (Lipinski definition) is 0. The predicted molar refractivity (Wildman–Crippen MR) is 97.9 cm³/mol. The van der Waals surface area contributed by atoms with Gasteiger partial charge in [0.15, 0.2) is 5.78 Å². The number of halogens is 1. The molecule has 0 saturated carbocycles. The van der Waals surface area contributed by atoms with Crippen LogP contribution in [0.4, 0.5) is 0 Å². The van der Waals surface area contributed by atoms with Crippen molar-refractivity contribution in [3.63, 3.8) is 0 Å². The molecule has 0 fully saturated rings. The van der Waals surface area contributed by atoms with Gasteiger partial charge in [0.1, 0.15) is 11.5 Å². The van der Waals surface area contributed by atoms with E-state index in [4.69, 9.17) is 16.3 Å². The maximum atomic E-state index is 12.5. The zero-order valence-corrected chi connectivity index (χ0v) is 13.7. The largest absolute Gasteiger partial charge is 0.457 e. The van der Waals surface area contributed by atoms with E-state index in [-0.39, 0.29) is 5.78 Å². The van der Waals surface area contributed by atoms with Crippen molar-refractivity contribution < 1.29 is 9.53 Å². The molecule has 0 bridgehead atoms. The third-order valence-electron chi connectivity index (χ3n) is 3.59. The van der Waals surface area contributed by atoms with Gasteiger partial charge in [0, 0.05) is 11.1 Å². The number of carbonyl (C=O) groups excluding carboxylic acids is 1. The lowest BCUT2D eigenvalue weighted by Crippen LogP contribution is -2.01. The summed E-state index contributed by atoms with van der Waals surface area (Å²) in [6.07, 6.45) is 1.78. The van der Waals surface area contributed by atoms with Gasteiger partial charge in [-0.05, 0) is 54.1 Å². The van der Waals surface area contributed by atoms with Crippen LogP contribution in [0.1, 0.15) is 21.5 Å². The third kappa shape index (κ3) is 3.55. The zero-order chi connectivity index (χ0) is 16.9. The lowest BCUT2D eigenvalue weighted by atomic mass is 10.0. The van der Waals surface area contributed by atoms with Gasteiger partial charge in [0.25, 0.3) is 0 Å². The van der Waals surface area contributed by atoms with Crippen LogP contribution < -0.4 is 4.74 Å². The Morgan fingerprint density at radius 2 is 1.46 bits per heavy atom.